The molecule has 4 nitrogen and oxygen atoms in total. The highest BCUT2D eigenvalue weighted by atomic mass is 79.9. The van der Waals surface area contributed by atoms with Gasteiger partial charge in [0.15, 0.2) is 0 Å². The van der Waals surface area contributed by atoms with E-state index in [4.69, 9.17) is 0 Å². The topological polar surface area (TPSA) is 58.2 Å². The lowest BCUT2D eigenvalue weighted by atomic mass is 10.0. The van der Waals surface area contributed by atoms with E-state index >= 15 is 0 Å². The van der Waals surface area contributed by atoms with Crippen LogP contribution in [0.2, 0.25) is 0 Å². The highest BCUT2D eigenvalue weighted by Gasteiger charge is 2.26. The van der Waals surface area contributed by atoms with Crippen LogP contribution in [0.5, 0.6) is 0 Å². The number of amides is 2. The van der Waals surface area contributed by atoms with Gasteiger partial charge in [0.2, 0.25) is 11.8 Å². The van der Waals surface area contributed by atoms with Crippen molar-refractivity contribution < 1.29 is 9.59 Å². The fourth-order valence-corrected chi connectivity index (χ4v) is 2.97. The minimum atomic E-state index is -0.522. The standard InChI is InChI=1S/C18H27BrN2O2/c1-11(2)10-16(22)21-17(12(3)4)18(23)20-13(5)14-8-6-7-9-15(14)19/h6-9,11-13,17H,10H2,1-5H3,(H,20,23)(H,21,22). The molecule has 0 aliphatic carbocycles. The van der Waals surface area contributed by atoms with Gasteiger partial charge in [-0.25, -0.2) is 0 Å². The van der Waals surface area contributed by atoms with Crippen molar-refractivity contribution in [3.63, 3.8) is 0 Å². The number of halogens is 1. The van der Waals surface area contributed by atoms with Crippen LogP contribution in [0.15, 0.2) is 28.7 Å². The third-order valence-corrected chi connectivity index (χ3v) is 4.31. The summed E-state index contributed by atoms with van der Waals surface area (Å²) < 4.78 is 0.956. The first-order chi connectivity index (χ1) is 10.7. The second-order valence-electron chi connectivity index (χ2n) is 6.64. The van der Waals surface area contributed by atoms with Crippen molar-refractivity contribution in [3.05, 3.63) is 34.3 Å². The van der Waals surface area contributed by atoms with Crippen LogP contribution in [0.3, 0.4) is 0 Å². The van der Waals surface area contributed by atoms with E-state index in [2.05, 4.69) is 26.6 Å². The molecule has 0 heterocycles. The lowest BCUT2D eigenvalue weighted by Crippen LogP contribution is -2.50. The molecule has 1 rings (SSSR count). The van der Waals surface area contributed by atoms with Gasteiger partial charge in [0, 0.05) is 10.9 Å². The van der Waals surface area contributed by atoms with Crippen LogP contribution in [-0.4, -0.2) is 17.9 Å². The SMILES string of the molecule is CC(C)CC(=O)NC(C(=O)NC(C)c1ccccc1Br)C(C)C. The summed E-state index contributed by atoms with van der Waals surface area (Å²) in [5.41, 5.74) is 1.01. The molecule has 2 amide bonds. The lowest BCUT2D eigenvalue weighted by molar-refractivity contribution is -0.130. The number of benzene rings is 1. The van der Waals surface area contributed by atoms with Crippen molar-refractivity contribution in [2.45, 2.75) is 53.1 Å². The zero-order valence-corrected chi connectivity index (χ0v) is 16.1. The maximum atomic E-state index is 12.6. The molecule has 0 spiro atoms. The quantitative estimate of drug-likeness (QED) is 0.752. The monoisotopic (exact) mass is 382 g/mol. The summed E-state index contributed by atoms with van der Waals surface area (Å²) in [5.74, 6) is 0.0605. The number of rotatable bonds is 7. The Hall–Kier alpha value is -1.36. The Balaban J connectivity index is 2.75. The molecule has 2 unspecified atom stereocenters. The average Bonchev–Trinajstić information content (AvgIpc) is 2.43. The summed E-state index contributed by atoms with van der Waals surface area (Å²) in [6, 6.07) is 7.13. The van der Waals surface area contributed by atoms with E-state index in [1.165, 1.54) is 0 Å². The lowest BCUT2D eigenvalue weighted by Gasteiger charge is -2.25. The van der Waals surface area contributed by atoms with Crippen molar-refractivity contribution >= 4 is 27.7 Å². The molecule has 1 aromatic carbocycles. The molecular weight excluding hydrogens is 356 g/mol. The molecular formula is C18H27BrN2O2. The van der Waals surface area contributed by atoms with Crippen LogP contribution in [0.4, 0.5) is 0 Å². The van der Waals surface area contributed by atoms with Crippen LogP contribution in [0.25, 0.3) is 0 Å². The summed E-state index contributed by atoms with van der Waals surface area (Å²) in [6.07, 6.45) is 0.427. The van der Waals surface area contributed by atoms with E-state index in [0.29, 0.717) is 6.42 Å². The Labute approximate surface area is 147 Å². The van der Waals surface area contributed by atoms with E-state index in [1.807, 2.05) is 58.9 Å². The Kier molecular flexibility index (Phi) is 7.76. The Morgan fingerprint density at radius 1 is 1.04 bits per heavy atom. The Morgan fingerprint density at radius 2 is 1.65 bits per heavy atom. The normalized spacial score (nSPS) is 13.7. The molecule has 128 valence electrons. The fourth-order valence-electron chi connectivity index (χ4n) is 2.35. The zero-order chi connectivity index (χ0) is 17.6. The van der Waals surface area contributed by atoms with E-state index in [9.17, 15) is 9.59 Å². The highest BCUT2D eigenvalue weighted by molar-refractivity contribution is 9.10. The van der Waals surface area contributed by atoms with E-state index in [-0.39, 0.29) is 29.7 Å². The first kappa shape index (κ1) is 19.7. The molecule has 0 saturated heterocycles. The Morgan fingerprint density at radius 3 is 2.17 bits per heavy atom. The third kappa shape index (κ3) is 6.34. The van der Waals surface area contributed by atoms with Gasteiger partial charge in [-0.2, -0.15) is 0 Å². The van der Waals surface area contributed by atoms with Crippen LogP contribution in [0, 0.1) is 11.8 Å². The van der Waals surface area contributed by atoms with Crippen molar-refractivity contribution in [1.82, 2.24) is 10.6 Å². The molecule has 0 fully saturated rings. The van der Waals surface area contributed by atoms with Gasteiger partial charge < -0.3 is 10.6 Å². The van der Waals surface area contributed by atoms with Crippen LogP contribution >= 0.6 is 15.9 Å². The maximum absolute atomic E-state index is 12.6. The predicted octanol–water partition coefficient (Wildman–Crippen LogP) is 3.81. The summed E-state index contributed by atoms with van der Waals surface area (Å²) in [7, 11) is 0. The van der Waals surface area contributed by atoms with Gasteiger partial charge in [-0.1, -0.05) is 61.8 Å². The largest absolute Gasteiger partial charge is 0.348 e. The summed E-state index contributed by atoms with van der Waals surface area (Å²) >= 11 is 3.50. The first-order valence-corrected chi connectivity index (χ1v) is 8.85. The van der Waals surface area contributed by atoms with Crippen molar-refractivity contribution in [3.8, 4) is 0 Å². The minimum Gasteiger partial charge on any atom is -0.348 e. The molecule has 5 heteroatoms. The van der Waals surface area contributed by atoms with Gasteiger partial charge in [-0.05, 0) is 30.4 Å². The molecule has 0 aliphatic rings. The van der Waals surface area contributed by atoms with Crippen LogP contribution in [0.1, 0.15) is 52.6 Å². The Bertz CT molecular complexity index is 544. The second-order valence-corrected chi connectivity index (χ2v) is 7.49. The molecule has 23 heavy (non-hydrogen) atoms. The number of nitrogens with one attached hydrogen (secondary N) is 2. The number of hydrogen-bond acceptors (Lipinski definition) is 2. The average molecular weight is 383 g/mol. The summed E-state index contributed by atoms with van der Waals surface area (Å²) in [4.78, 5) is 24.5. The van der Waals surface area contributed by atoms with E-state index in [1.54, 1.807) is 0 Å². The smallest absolute Gasteiger partial charge is 0.243 e. The van der Waals surface area contributed by atoms with Gasteiger partial charge in [-0.3, -0.25) is 9.59 Å². The second kappa shape index (κ2) is 9.06. The van der Waals surface area contributed by atoms with Crippen LogP contribution in [-0.2, 0) is 9.59 Å². The number of carbonyl (C=O) groups is 2. The maximum Gasteiger partial charge on any atom is 0.243 e. The molecule has 2 N–H and O–H groups in total. The highest BCUT2D eigenvalue weighted by Crippen LogP contribution is 2.23. The van der Waals surface area contributed by atoms with Gasteiger partial charge in [0.25, 0.3) is 0 Å². The molecule has 0 saturated carbocycles. The third-order valence-electron chi connectivity index (χ3n) is 3.59. The van der Waals surface area contributed by atoms with Gasteiger partial charge in [0.1, 0.15) is 6.04 Å². The van der Waals surface area contributed by atoms with Gasteiger partial charge in [-0.15, -0.1) is 0 Å². The summed E-state index contributed by atoms with van der Waals surface area (Å²) in [5, 5.41) is 5.85. The molecule has 0 bridgehead atoms. The molecule has 0 aliphatic heterocycles. The van der Waals surface area contributed by atoms with Gasteiger partial charge in [0.05, 0.1) is 6.04 Å². The van der Waals surface area contributed by atoms with Crippen molar-refractivity contribution in [2.24, 2.45) is 11.8 Å². The van der Waals surface area contributed by atoms with Crippen molar-refractivity contribution in [1.29, 1.82) is 0 Å². The minimum absolute atomic E-state index is 0.0255. The molecule has 0 radical (unpaired) electrons. The molecule has 0 aromatic heterocycles. The van der Waals surface area contributed by atoms with Crippen molar-refractivity contribution in [2.75, 3.05) is 0 Å². The first-order valence-electron chi connectivity index (χ1n) is 8.06. The molecule has 2 atom stereocenters. The zero-order valence-electron chi connectivity index (χ0n) is 14.5. The number of carbonyl (C=O) groups excluding carboxylic acids is 2. The summed E-state index contributed by atoms with van der Waals surface area (Å²) in [6.45, 7) is 9.77. The number of hydrogen-bond donors (Lipinski definition) is 2. The fraction of sp³-hybridized carbons (Fsp3) is 0.556. The predicted molar refractivity (Wildman–Crippen MR) is 96.9 cm³/mol. The van der Waals surface area contributed by atoms with E-state index in [0.717, 1.165) is 10.0 Å². The molecule has 1 aromatic rings. The van der Waals surface area contributed by atoms with Gasteiger partial charge >= 0.3 is 0 Å². The van der Waals surface area contributed by atoms with Crippen LogP contribution < -0.4 is 10.6 Å². The van der Waals surface area contributed by atoms with E-state index < -0.39 is 6.04 Å².